The number of nitrogens with zero attached hydrogens (tertiary/aromatic N) is 2. The zero-order valence-corrected chi connectivity index (χ0v) is 12.1. The van der Waals surface area contributed by atoms with Crippen molar-refractivity contribution >= 4 is 0 Å². The number of halogens is 1. The monoisotopic (exact) mass is 291 g/mol. The standard InChI is InChI=1S/C15H18FN3O2/c1-10-9-11(3-4-12(10)16)13-18-14(21-19-13)15(20-2)5-7-17-8-6-15/h3-4,9,17H,5-8H2,1-2H3. The van der Waals surface area contributed by atoms with Gasteiger partial charge in [-0.25, -0.2) is 4.39 Å². The fourth-order valence-corrected chi connectivity index (χ4v) is 2.65. The molecule has 1 aliphatic heterocycles. The summed E-state index contributed by atoms with van der Waals surface area (Å²) >= 11 is 0. The Morgan fingerprint density at radius 2 is 2.10 bits per heavy atom. The maximum Gasteiger partial charge on any atom is 0.259 e. The van der Waals surface area contributed by atoms with Crippen LogP contribution in [0.25, 0.3) is 11.4 Å². The van der Waals surface area contributed by atoms with Crippen LogP contribution in [0.4, 0.5) is 4.39 Å². The van der Waals surface area contributed by atoms with E-state index in [-0.39, 0.29) is 5.82 Å². The molecule has 21 heavy (non-hydrogen) atoms. The molecule has 0 atom stereocenters. The molecule has 2 aromatic rings. The summed E-state index contributed by atoms with van der Waals surface area (Å²) in [7, 11) is 1.66. The van der Waals surface area contributed by atoms with Crippen molar-refractivity contribution in [1.82, 2.24) is 15.5 Å². The number of hydrogen-bond donors (Lipinski definition) is 1. The molecule has 1 aliphatic rings. The molecule has 0 spiro atoms. The van der Waals surface area contributed by atoms with Crippen molar-refractivity contribution in [3.63, 3.8) is 0 Å². The normalized spacial score (nSPS) is 17.9. The molecule has 3 rings (SSSR count). The average molecular weight is 291 g/mol. The highest BCUT2D eigenvalue weighted by Gasteiger charge is 2.39. The summed E-state index contributed by atoms with van der Waals surface area (Å²) in [6.45, 7) is 3.41. The molecule has 112 valence electrons. The van der Waals surface area contributed by atoms with Crippen LogP contribution in [0.15, 0.2) is 22.7 Å². The second-order valence-electron chi connectivity index (χ2n) is 5.34. The van der Waals surface area contributed by atoms with Gasteiger partial charge in [0.05, 0.1) is 0 Å². The molecule has 0 unspecified atom stereocenters. The zero-order valence-electron chi connectivity index (χ0n) is 12.1. The molecule has 6 heteroatoms. The van der Waals surface area contributed by atoms with E-state index in [1.165, 1.54) is 6.07 Å². The van der Waals surface area contributed by atoms with Gasteiger partial charge in [-0.1, -0.05) is 5.16 Å². The number of ether oxygens (including phenoxy) is 1. The first-order valence-corrected chi connectivity index (χ1v) is 7.01. The van der Waals surface area contributed by atoms with Crippen LogP contribution in [0.1, 0.15) is 24.3 Å². The highest BCUT2D eigenvalue weighted by atomic mass is 19.1. The van der Waals surface area contributed by atoms with Crippen LogP contribution in [0, 0.1) is 12.7 Å². The largest absolute Gasteiger partial charge is 0.368 e. The first-order valence-electron chi connectivity index (χ1n) is 7.01. The Morgan fingerprint density at radius 3 is 2.76 bits per heavy atom. The van der Waals surface area contributed by atoms with Crippen LogP contribution < -0.4 is 5.32 Å². The Labute approximate surface area is 122 Å². The minimum absolute atomic E-state index is 0.241. The second kappa shape index (κ2) is 5.54. The number of methoxy groups -OCH3 is 1. The van der Waals surface area contributed by atoms with Gasteiger partial charge in [0.15, 0.2) is 0 Å². The second-order valence-corrected chi connectivity index (χ2v) is 5.34. The number of aryl methyl sites for hydroxylation is 1. The third-order valence-electron chi connectivity index (χ3n) is 4.03. The van der Waals surface area contributed by atoms with E-state index >= 15 is 0 Å². The molecule has 1 saturated heterocycles. The highest BCUT2D eigenvalue weighted by Crippen LogP contribution is 2.34. The summed E-state index contributed by atoms with van der Waals surface area (Å²) < 4.78 is 24.4. The lowest BCUT2D eigenvalue weighted by Gasteiger charge is -2.32. The van der Waals surface area contributed by atoms with E-state index in [1.807, 2.05) is 0 Å². The number of nitrogens with one attached hydrogen (secondary N) is 1. The molecule has 0 saturated carbocycles. The van der Waals surface area contributed by atoms with Crippen LogP contribution in [0.2, 0.25) is 0 Å². The average Bonchev–Trinajstić information content (AvgIpc) is 3.01. The van der Waals surface area contributed by atoms with Gasteiger partial charge < -0.3 is 14.6 Å². The first kappa shape index (κ1) is 14.2. The fourth-order valence-electron chi connectivity index (χ4n) is 2.65. The van der Waals surface area contributed by atoms with Crippen LogP contribution in [0.5, 0.6) is 0 Å². The number of rotatable bonds is 3. The molecule has 0 radical (unpaired) electrons. The lowest BCUT2D eigenvalue weighted by atomic mass is 9.92. The van der Waals surface area contributed by atoms with Gasteiger partial charge in [0.25, 0.3) is 5.89 Å². The van der Waals surface area contributed by atoms with E-state index in [0.717, 1.165) is 31.5 Å². The molecule has 1 aromatic heterocycles. The highest BCUT2D eigenvalue weighted by molar-refractivity contribution is 5.55. The molecule has 0 amide bonds. The lowest BCUT2D eigenvalue weighted by molar-refractivity contribution is -0.0622. The molecule has 1 aromatic carbocycles. The summed E-state index contributed by atoms with van der Waals surface area (Å²) in [5.74, 6) is 0.709. The van der Waals surface area contributed by atoms with Gasteiger partial charge in [0.2, 0.25) is 5.82 Å². The summed E-state index contributed by atoms with van der Waals surface area (Å²) in [4.78, 5) is 4.46. The number of aromatic nitrogens is 2. The molecule has 2 heterocycles. The molecule has 5 nitrogen and oxygen atoms in total. The van der Waals surface area contributed by atoms with Gasteiger partial charge in [-0.3, -0.25) is 0 Å². The molecule has 0 bridgehead atoms. The third-order valence-corrected chi connectivity index (χ3v) is 4.03. The van der Waals surface area contributed by atoms with Crippen LogP contribution in [-0.4, -0.2) is 30.3 Å². The zero-order chi connectivity index (χ0) is 14.9. The topological polar surface area (TPSA) is 60.2 Å². The fraction of sp³-hybridized carbons (Fsp3) is 0.467. The van der Waals surface area contributed by atoms with Crippen LogP contribution in [0.3, 0.4) is 0 Å². The number of hydrogen-bond acceptors (Lipinski definition) is 5. The summed E-state index contributed by atoms with van der Waals surface area (Å²) in [5, 5.41) is 7.30. The maximum absolute atomic E-state index is 13.3. The van der Waals surface area contributed by atoms with E-state index < -0.39 is 5.60 Å². The number of piperidine rings is 1. The predicted molar refractivity (Wildman–Crippen MR) is 75.2 cm³/mol. The smallest absolute Gasteiger partial charge is 0.259 e. The van der Waals surface area contributed by atoms with Crippen molar-refractivity contribution in [2.24, 2.45) is 0 Å². The number of benzene rings is 1. The van der Waals surface area contributed by atoms with E-state index in [4.69, 9.17) is 9.26 Å². The van der Waals surface area contributed by atoms with Gasteiger partial charge in [-0.2, -0.15) is 4.98 Å². The van der Waals surface area contributed by atoms with Gasteiger partial charge >= 0.3 is 0 Å². The van der Waals surface area contributed by atoms with Crippen LogP contribution in [-0.2, 0) is 10.3 Å². The Morgan fingerprint density at radius 1 is 1.33 bits per heavy atom. The van der Waals surface area contributed by atoms with Gasteiger partial charge in [0, 0.05) is 12.7 Å². The summed E-state index contributed by atoms with van der Waals surface area (Å²) in [6, 6.07) is 4.78. The van der Waals surface area contributed by atoms with Crippen LogP contribution >= 0.6 is 0 Å². The van der Waals surface area contributed by atoms with Crippen molar-refractivity contribution in [1.29, 1.82) is 0 Å². The van der Waals surface area contributed by atoms with E-state index in [1.54, 1.807) is 26.2 Å². The Bertz CT molecular complexity index is 636. The van der Waals surface area contributed by atoms with Crippen molar-refractivity contribution in [2.45, 2.75) is 25.4 Å². The minimum Gasteiger partial charge on any atom is -0.368 e. The SMILES string of the molecule is COC1(c2nc(-c3ccc(F)c(C)c3)no2)CCNCC1. The first-order chi connectivity index (χ1) is 10.1. The summed E-state index contributed by atoms with van der Waals surface area (Å²) in [5.41, 5.74) is 0.775. The third kappa shape index (κ3) is 2.56. The molecule has 1 N–H and O–H groups in total. The minimum atomic E-state index is -0.522. The molecular formula is C15H18FN3O2. The van der Waals surface area contributed by atoms with Gasteiger partial charge in [-0.15, -0.1) is 0 Å². The van der Waals surface area contributed by atoms with Gasteiger partial charge in [0.1, 0.15) is 11.4 Å². The quantitative estimate of drug-likeness (QED) is 0.941. The van der Waals surface area contributed by atoms with Crippen molar-refractivity contribution in [2.75, 3.05) is 20.2 Å². The van der Waals surface area contributed by atoms with E-state index in [2.05, 4.69) is 15.5 Å². The molecular weight excluding hydrogens is 273 g/mol. The Balaban J connectivity index is 1.93. The molecule has 0 aliphatic carbocycles. The van der Waals surface area contributed by atoms with E-state index in [0.29, 0.717) is 17.3 Å². The maximum atomic E-state index is 13.3. The van der Waals surface area contributed by atoms with Crippen molar-refractivity contribution < 1.29 is 13.7 Å². The Kier molecular flexibility index (Phi) is 3.73. The van der Waals surface area contributed by atoms with Gasteiger partial charge in [-0.05, 0) is 56.6 Å². The van der Waals surface area contributed by atoms with Crippen molar-refractivity contribution in [3.05, 3.63) is 35.5 Å². The van der Waals surface area contributed by atoms with E-state index in [9.17, 15) is 4.39 Å². The predicted octanol–water partition coefficient (Wildman–Crippen LogP) is 2.41. The van der Waals surface area contributed by atoms with Crippen molar-refractivity contribution in [3.8, 4) is 11.4 Å². The Hall–Kier alpha value is -1.79. The lowest BCUT2D eigenvalue weighted by Crippen LogP contribution is -2.41. The molecule has 1 fully saturated rings. The summed E-state index contributed by atoms with van der Waals surface area (Å²) in [6.07, 6.45) is 1.57.